The van der Waals surface area contributed by atoms with Crippen molar-refractivity contribution in [3.63, 3.8) is 0 Å². The van der Waals surface area contributed by atoms with Crippen LogP contribution in [0.5, 0.6) is 5.75 Å². The van der Waals surface area contributed by atoms with Gasteiger partial charge in [0.15, 0.2) is 0 Å². The molecule has 2 fully saturated rings. The number of nitrogens with one attached hydrogen (secondary N) is 1. The number of benzene rings is 2. The summed E-state index contributed by atoms with van der Waals surface area (Å²) in [5.74, 6) is 0.253. The van der Waals surface area contributed by atoms with Crippen LogP contribution in [0.2, 0.25) is 5.02 Å². The second-order valence-corrected chi connectivity index (χ2v) is 9.70. The Balaban J connectivity index is 1.13. The maximum absolute atomic E-state index is 13.4. The monoisotopic (exact) mass is 496 g/mol. The molecule has 3 aliphatic rings. The number of hydrogen-bond acceptors (Lipinski definition) is 5. The molecule has 35 heavy (non-hydrogen) atoms. The summed E-state index contributed by atoms with van der Waals surface area (Å²) in [6, 6.07) is 14.5. The third-order valence-electron chi connectivity index (χ3n) is 7.16. The molecule has 184 valence electrons. The van der Waals surface area contributed by atoms with Crippen molar-refractivity contribution in [2.45, 2.75) is 24.8 Å². The van der Waals surface area contributed by atoms with Crippen molar-refractivity contribution in [1.29, 1.82) is 0 Å². The van der Waals surface area contributed by atoms with Gasteiger partial charge in [0.1, 0.15) is 24.4 Å². The quantitative estimate of drug-likeness (QED) is 0.622. The number of hydrogen-bond donors (Lipinski definition) is 1. The van der Waals surface area contributed by atoms with Crippen LogP contribution in [-0.4, -0.2) is 78.4 Å². The van der Waals surface area contributed by atoms with Crippen molar-refractivity contribution in [3.8, 4) is 5.75 Å². The molecule has 1 N–H and O–H groups in total. The van der Waals surface area contributed by atoms with Gasteiger partial charge >= 0.3 is 6.03 Å². The topological polar surface area (TPSA) is 82.2 Å². The van der Waals surface area contributed by atoms with Gasteiger partial charge in [-0.2, -0.15) is 0 Å². The molecule has 1 atom stereocenters. The highest BCUT2D eigenvalue weighted by Crippen LogP contribution is 2.39. The summed E-state index contributed by atoms with van der Waals surface area (Å²) in [7, 11) is 0. The van der Waals surface area contributed by atoms with Gasteiger partial charge in [0.2, 0.25) is 5.91 Å². The van der Waals surface area contributed by atoms with Crippen molar-refractivity contribution in [1.82, 2.24) is 20.0 Å². The minimum absolute atomic E-state index is 0.202. The summed E-state index contributed by atoms with van der Waals surface area (Å²) in [6.45, 7) is 3.60. The van der Waals surface area contributed by atoms with Gasteiger partial charge < -0.3 is 15.0 Å². The zero-order valence-corrected chi connectivity index (χ0v) is 20.3. The number of amides is 4. The minimum atomic E-state index is -1.05. The van der Waals surface area contributed by atoms with E-state index in [1.165, 1.54) is 0 Å². The molecule has 1 spiro atoms. The first-order valence-electron chi connectivity index (χ1n) is 12.1. The second kappa shape index (κ2) is 9.87. The molecule has 5 rings (SSSR count). The lowest BCUT2D eigenvalue weighted by Crippen LogP contribution is -2.52. The van der Waals surface area contributed by atoms with Gasteiger partial charge in [-0.3, -0.25) is 19.4 Å². The fourth-order valence-corrected chi connectivity index (χ4v) is 5.36. The summed E-state index contributed by atoms with van der Waals surface area (Å²) >= 11 is 5.89. The van der Waals surface area contributed by atoms with Crippen LogP contribution in [0.4, 0.5) is 4.79 Å². The number of aryl methyl sites for hydroxylation is 1. The lowest BCUT2D eigenvalue weighted by atomic mass is 9.76. The average Bonchev–Trinajstić information content (AvgIpc) is 3.10. The zero-order chi connectivity index (χ0) is 24.4. The van der Waals surface area contributed by atoms with Crippen LogP contribution >= 0.6 is 11.6 Å². The molecular formula is C26H29ClN4O4. The van der Waals surface area contributed by atoms with E-state index < -0.39 is 11.6 Å². The molecule has 4 amide bonds. The molecule has 9 heteroatoms. The van der Waals surface area contributed by atoms with Crippen molar-refractivity contribution < 1.29 is 19.1 Å². The highest BCUT2D eigenvalue weighted by atomic mass is 35.5. The lowest BCUT2D eigenvalue weighted by molar-refractivity contribution is -0.140. The maximum Gasteiger partial charge on any atom is 0.325 e. The Labute approximate surface area is 209 Å². The molecule has 1 aliphatic carbocycles. The lowest BCUT2D eigenvalue weighted by Gasteiger charge is -2.35. The third kappa shape index (κ3) is 4.73. The summed E-state index contributed by atoms with van der Waals surface area (Å²) in [5, 5.41) is 3.59. The number of halogens is 1. The number of ether oxygens (including phenoxy) is 1. The first-order chi connectivity index (χ1) is 17.0. The SMILES string of the molecule is O=C(CN1C(=O)NC2(CCCc3ccccc32)C1=O)N1CCN(CCOc2ccc(Cl)cc2)CC1. The summed E-state index contributed by atoms with van der Waals surface area (Å²) in [4.78, 5) is 44.3. The molecule has 2 aromatic carbocycles. The van der Waals surface area contributed by atoms with E-state index in [1.807, 2.05) is 36.4 Å². The Morgan fingerprint density at radius 1 is 1.03 bits per heavy atom. The Kier molecular flexibility index (Phi) is 6.67. The molecule has 2 heterocycles. The molecule has 0 bridgehead atoms. The second-order valence-electron chi connectivity index (χ2n) is 9.26. The number of rotatable bonds is 6. The van der Waals surface area contributed by atoms with Crippen molar-refractivity contribution >= 4 is 29.4 Å². The van der Waals surface area contributed by atoms with Crippen LogP contribution in [0.25, 0.3) is 0 Å². The van der Waals surface area contributed by atoms with E-state index >= 15 is 0 Å². The fraction of sp³-hybridized carbons (Fsp3) is 0.423. The average molecular weight is 497 g/mol. The molecule has 8 nitrogen and oxygen atoms in total. The van der Waals surface area contributed by atoms with Crippen LogP contribution < -0.4 is 10.1 Å². The van der Waals surface area contributed by atoms with E-state index in [0.717, 1.165) is 41.2 Å². The van der Waals surface area contributed by atoms with Gasteiger partial charge in [0, 0.05) is 37.7 Å². The number of carbonyl (C=O) groups excluding carboxylic acids is 3. The maximum atomic E-state index is 13.4. The molecule has 0 radical (unpaired) electrons. The van der Waals surface area contributed by atoms with Gasteiger partial charge in [-0.05, 0) is 54.7 Å². The van der Waals surface area contributed by atoms with E-state index in [0.29, 0.717) is 44.2 Å². The van der Waals surface area contributed by atoms with Gasteiger partial charge in [0.25, 0.3) is 5.91 Å². The van der Waals surface area contributed by atoms with Crippen LogP contribution in [-0.2, 0) is 21.5 Å². The van der Waals surface area contributed by atoms with Crippen molar-refractivity contribution in [2.24, 2.45) is 0 Å². The van der Waals surface area contributed by atoms with Crippen LogP contribution in [0.1, 0.15) is 24.0 Å². The van der Waals surface area contributed by atoms with Gasteiger partial charge in [-0.1, -0.05) is 35.9 Å². The van der Waals surface area contributed by atoms with Gasteiger partial charge in [-0.25, -0.2) is 4.79 Å². The predicted octanol–water partition coefficient (Wildman–Crippen LogP) is 2.65. The van der Waals surface area contributed by atoms with Crippen LogP contribution in [0, 0.1) is 0 Å². The van der Waals surface area contributed by atoms with Crippen molar-refractivity contribution in [2.75, 3.05) is 45.9 Å². The van der Waals surface area contributed by atoms with Crippen LogP contribution in [0.15, 0.2) is 48.5 Å². The van der Waals surface area contributed by atoms with E-state index in [9.17, 15) is 14.4 Å². The van der Waals surface area contributed by atoms with Crippen molar-refractivity contribution in [3.05, 3.63) is 64.7 Å². The molecule has 1 unspecified atom stereocenters. The van der Waals surface area contributed by atoms with Gasteiger partial charge in [0.05, 0.1) is 0 Å². The summed E-state index contributed by atoms with van der Waals surface area (Å²) in [5.41, 5.74) is 0.889. The Morgan fingerprint density at radius 3 is 2.54 bits per heavy atom. The molecule has 0 aromatic heterocycles. The summed E-state index contributed by atoms with van der Waals surface area (Å²) < 4.78 is 5.76. The highest BCUT2D eigenvalue weighted by molar-refractivity contribution is 6.30. The largest absolute Gasteiger partial charge is 0.492 e. The normalized spacial score (nSPS) is 22.3. The van der Waals surface area contributed by atoms with Gasteiger partial charge in [-0.15, -0.1) is 0 Å². The molecule has 2 aromatic rings. The van der Waals surface area contributed by atoms with E-state index in [4.69, 9.17) is 16.3 Å². The van der Waals surface area contributed by atoms with E-state index in [2.05, 4.69) is 10.2 Å². The molecule has 2 aliphatic heterocycles. The summed E-state index contributed by atoms with van der Waals surface area (Å²) in [6.07, 6.45) is 2.25. The van der Waals surface area contributed by atoms with E-state index in [1.54, 1.807) is 17.0 Å². The number of urea groups is 1. The standard InChI is InChI=1S/C26H29ClN4O4/c27-20-7-9-21(10-8-20)35-17-16-29-12-14-30(15-13-29)23(32)18-31-24(33)26(28-25(31)34)11-3-5-19-4-1-2-6-22(19)26/h1-2,4,6-10H,3,5,11-18H2,(H,28,34). The number of piperazine rings is 1. The minimum Gasteiger partial charge on any atom is -0.492 e. The third-order valence-corrected chi connectivity index (χ3v) is 7.41. The number of fused-ring (bicyclic) bond motifs is 2. The van der Waals surface area contributed by atoms with Crippen LogP contribution in [0.3, 0.4) is 0 Å². The Bertz CT molecular complexity index is 1120. The highest BCUT2D eigenvalue weighted by Gasteiger charge is 2.54. The fourth-order valence-electron chi connectivity index (χ4n) is 5.23. The zero-order valence-electron chi connectivity index (χ0n) is 19.5. The molecule has 0 saturated carbocycles. The smallest absolute Gasteiger partial charge is 0.325 e. The Hall–Kier alpha value is -3.10. The number of imide groups is 1. The first-order valence-corrected chi connectivity index (χ1v) is 12.4. The number of carbonyl (C=O) groups is 3. The number of nitrogens with zero attached hydrogens (tertiary/aromatic N) is 3. The van der Waals surface area contributed by atoms with E-state index in [-0.39, 0.29) is 18.4 Å². The molecule has 2 saturated heterocycles. The first kappa shape index (κ1) is 23.6. The Morgan fingerprint density at radius 2 is 1.77 bits per heavy atom. The predicted molar refractivity (Wildman–Crippen MR) is 131 cm³/mol. The molecular weight excluding hydrogens is 468 g/mol.